The molecule has 0 unspecified atom stereocenters. The monoisotopic (exact) mass is 351 g/mol. The van der Waals surface area contributed by atoms with Gasteiger partial charge in [0, 0.05) is 25.2 Å². The van der Waals surface area contributed by atoms with Gasteiger partial charge in [0.15, 0.2) is 0 Å². The molecule has 1 saturated heterocycles. The second kappa shape index (κ2) is 8.43. The number of rotatable bonds is 5. The summed E-state index contributed by atoms with van der Waals surface area (Å²) in [6.07, 6.45) is 0. The summed E-state index contributed by atoms with van der Waals surface area (Å²) in [4.78, 5) is 36.3. The molecule has 0 radical (unpaired) electrons. The molecule has 136 valence electrons. The van der Waals surface area contributed by atoms with Crippen molar-refractivity contribution in [3.8, 4) is 5.75 Å². The van der Waals surface area contributed by atoms with Crippen LogP contribution in [0.3, 0.4) is 0 Å². The van der Waals surface area contributed by atoms with E-state index in [1.54, 1.807) is 18.7 Å². The SMILES string of the molecule is CC(C)[C@H](NC(=O)N1CCOCC1)C(=O)Oc1ccc([N+](=O)[O-])cc1. The summed E-state index contributed by atoms with van der Waals surface area (Å²) in [5.74, 6) is -0.622. The maximum Gasteiger partial charge on any atom is 0.334 e. The minimum absolute atomic E-state index is 0.0965. The van der Waals surface area contributed by atoms with Crippen LogP contribution in [-0.4, -0.2) is 54.2 Å². The molecule has 1 aromatic carbocycles. The van der Waals surface area contributed by atoms with Crippen molar-refractivity contribution < 1.29 is 24.0 Å². The molecule has 9 nitrogen and oxygen atoms in total. The average molecular weight is 351 g/mol. The van der Waals surface area contributed by atoms with Crippen LogP contribution in [0.2, 0.25) is 0 Å². The highest BCUT2D eigenvalue weighted by atomic mass is 16.6. The van der Waals surface area contributed by atoms with Gasteiger partial charge in [-0.2, -0.15) is 0 Å². The first-order valence-electron chi connectivity index (χ1n) is 7.98. The Bertz CT molecular complexity index is 625. The van der Waals surface area contributed by atoms with E-state index >= 15 is 0 Å². The molecule has 2 amide bonds. The van der Waals surface area contributed by atoms with Gasteiger partial charge in [0.2, 0.25) is 0 Å². The van der Waals surface area contributed by atoms with Crippen molar-refractivity contribution in [2.24, 2.45) is 5.92 Å². The van der Waals surface area contributed by atoms with Crippen molar-refractivity contribution >= 4 is 17.7 Å². The number of non-ortho nitro benzene ring substituents is 1. The lowest BCUT2D eigenvalue weighted by Crippen LogP contribution is -2.53. The lowest BCUT2D eigenvalue weighted by Gasteiger charge is -2.29. The highest BCUT2D eigenvalue weighted by Gasteiger charge is 2.28. The Kier molecular flexibility index (Phi) is 6.29. The molecule has 1 fully saturated rings. The number of nitro groups is 1. The molecule has 1 heterocycles. The zero-order valence-electron chi connectivity index (χ0n) is 14.1. The first-order valence-corrected chi connectivity index (χ1v) is 7.98. The van der Waals surface area contributed by atoms with E-state index in [0.717, 1.165) is 0 Å². The van der Waals surface area contributed by atoms with Crippen LogP contribution in [0.5, 0.6) is 5.75 Å². The van der Waals surface area contributed by atoms with Crippen molar-refractivity contribution in [1.29, 1.82) is 0 Å². The number of morpholine rings is 1. The van der Waals surface area contributed by atoms with Crippen LogP contribution in [0.15, 0.2) is 24.3 Å². The molecule has 0 bridgehead atoms. The number of nitrogens with one attached hydrogen (secondary N) is 1. The van der Waals surface area contributed by atoms with Crippen molar-refractivity contribution in [3.05, 3.63) is 34.4 Å². The molecule has 0 spiro atoms. The molecule has 25 heavy (non-hydrogen) atoms. The Morgan fingerprint density at radius 3 is 2.36 bits per heavy atom. The standard InChI is InChI=1S/C16H21N3O6/c1-11(2)14(17-16(21)18-7-9-24-10-8-18)15(20)25-13-5-3-12(4-6-13)19(22)23/h3-6,11,14H,7-10H2,1-2H3,(H,17,21)/t14-/m0/s1. The zero-order valence-corrected chi connectivity index (χ0v) is 14.1. The average Bonchev–Trinajstić information content (AvgIpc) is 2.60. The maximum atomic E-state index is 12.4. The molecular formula is C16H21N3O6. The van der Waals surface area contributed by atoms with Gasteiger partial charge < -0.3 is 19.7 Å². The van der Waals surface area contributed by atoms with Crippen LogP contribution in [0.4, 0.5) is 10.5 Å². The maximum absolute atomic E-state index is 12.4. The van der Waals surface area contributed by atoms with Gasteiger partial charge in [0.25, 0.3) is 5.69 Å². The number of nitrogens with zero attached hydrogens (tertiary/aromatic N) is 2. The Morgan fingerprint density at radius 2 is 1.84 bits per heavy atom. The third kappa shape index (κ3) is 5.15. The minimum atomic E-state index is -0.828. The fraction of sp³-hybridized carbons (Fsp3) is 0.500. The van der Waals surface area contributed by atoms with E-state index in [1.807, 2.05) is 0 Å². The van der Waals surface area contributed by atoms with Crippen molar-refractivity contribution in [3.63, 3.8) is 0 Å². The van der Waals surface area contributed by atoms with E-state index in [4.69, 9.17) is 9.47 Å². The molecule has 1 aliphatic heterocycles. The number of amides is 2. The highest BCUT2D eigenvalue weighted by Crippen LogP contribution is 2.18. The molecule has 1 aliphatic rings. The van der Waals surface area contributed by atoms with Gasteiger partial charge in [-0.15, -0.1) is 0 Å². The van der Waals surface area contributed by atoms with Gasteiger partial charge in [-0.05, 0) is 18.1 Å². The molecule has 1 N–H and O–H groups in total. The Balaban J connectivity index is 1.99. The van der Waals surface area contributed by atoms with Crippen LogP contribution >= 0.6 is 0 Å². The smallest absolute Gasteiger partial charge is 0.334 e. The fourth-order valence-corrected chi connectivity index (χ4v) is 2.30. The summed E-state index contributed by atoms with van der Waals surface area (Å²) < 4.78 is 10.4. The number of hydrogen-bond acceptors (Lipinski definition) is 6. The van der Waals surface area contributed by atoms with Gasteiger partial charge in [-0.25, -0.2) is 9.59 Å². The Hall–Kier alpha value is -2.68. The second-order valence-corrected chi connectivity index (χ2v) is 5.94. The number of carbonyl (C=O) groups excluding carboxylic acids is 2. The van der Waals surface area contributed by atoms with Crippen molar-refractivity contribution in [2.75, 3.05) is 26.3 Å². The second-order valence-electron chi connectivity index (χ2n) is 5.94. The van der Waals surface area contributed by atoms with E-state index < -0.39 is 16.9 Å². The lowest BCUT2D eigenvalue weighted by molar-refractivity contribution is -0.384. The van der Waals surface area contributed by atoms with E-state index in [-0.39, 0.29) is 23.4 Å². The summed E-state index contributed by atoms with van der Waals surface area (Å²) in [7, 11) is 0. The van der Waals surface area contributed by atoms with Crippen molar-refractivity contribution in [2.45, 2.75) is 19.9 Å². The first-order chi connectivity index (χ1) is 11.9. The number of benzene rings is 1. The van der Waals surface area contributed by atoms with Gasteiger partial charge >= 0.3 is 12.0 Å². The number of hydrogen-bond donors (Lipinski definition) is 1. The van der Waals surface area contributed by atoms with Crippen LogP contribution in [0, 0.1) is 16.0 Å². The summed E-state index contributed by atoms with van der Waals surface area (Å²) in [5.41, 5.74) is -0.0965. The minimum Gasteiger partial charge on any atom is -0.425 e. The molecule has 0 aromatic heterocycles. The highest BCUT2D eigenvalue weighted by molar-refractivity contribution is 5.85. The van der Waals surface area contributed by atoms with Crippen LogP contribution in [0.25, 0.3) is 0 Å². The molecule has 9 heteroatoms. The largest absolute Gasteiger partial charge is 0.425 e. The third-order valence-corrected chi connectivity index (χ3v) is 3.76. The van der Waals surface area contributed by atoms with Crippen LogP contribution < -0.4 is 10.1 Å². The van der Waals surface area contributed by atoms with Crippen LogP contribution in [-0.2, 0) is 9.53 Å². The Morgan fingerprint density at radius 1 is 1.24 bits per heavy atom. The summed E-state index contributed by atoms with van der Waals surface area (Å²) in [5, 5.41) is 13.3. The number of ether oxygens (including phenoxy) is 2. The van der Waals surface area contributed by atoms with E-state index in [1.165, 1.54) is 24.3 Å². The van der Waals surface area contributed by atoms with Crippen molar-refractivity contribution in [1.82, 2.24) is 10.2 Å². The lowest BCUT2D eigenvalue weighted by atomic mass is 10.0. The van der Waals surface area contributed by atoms with Gasteiger partial charge in [-0.3, -0.25) is 10.1 Å². The van der Waals surface area contributed by atoms with E-state index in [2.05, 4.69) is 5.32 Å². The molecule has 1 aromatic rings. The molecule has 2 rings (SSSR count). The summed E-state index contributed by atoms with van der Waals surface area (Å²) in [6, 6.07) is 4.01. The third-order valence-electron chi connectivity index (χ3n) is 3.76. The van der Waals surface area contributed by atoms with Gasteiger partial charge in [0.1, 0.15) is 11.8 Å². The predicted octanol–water partition coefficient (Wildman–Crippen LogP) is 1.57. The molecular weight excluding hydrogens is 330 g/mol. The number of nitro benzene ring substituents is 1. The quantitative estimate of drug-likeness (QED) is 0.373. The van der Waals surface area contributed by atoms with Gasteiger partial charge in [0.05, 0.1) is 18.1 Å². The summed E-state index contributed by atoms with van der Waals surface area (Å²) >= 11 is 0. The van der Waals surface area contributed by atoms with E-state index in [0.29, 0.717) is 26.3 Å². The van der Waals surface area contributed by atoms with E-state index in [9.17, 15) is 19.7 Å². The zero-order chi connectivity index (χ0) is 18.4. The number of carbonyl (C=O) groups is 2. The molecule has 0 aliphatic carbocycles. The first kappa shape index (κ1) is 18.7. The van der Waals surface area contributed by atoms with Gasteiger partial charge in [-0.1, -0.05) is 13.8 Å². The topological polar surface area (TPSA) is 111 Å². The normalized spacial score (nSPS) is 15.6. The predicted molar refractivity (Wildman–Crippen MR) is 88.3 cm³/mol. The summed E-state index contributed by atoms with van der Waals surface area (Å²) in [6.45, 7) is 5.45. The molecule has 1 atom stereocenters. The Labute approximate surface area is 145 Å². The number of urea groups is 1. The number of esters is 1. The fourth-order valence-electron chi connectivity index (χ4n) is 2.30. The molecule has 0 saturated carbocycles. The van der Waals surface area contributed by atoms with Crippen LogP contribution in [0.1, 0.15) is 13.8 Å².